The summed E-state index contributed by atoms with van der Waals surface area (Å²) in [5.74, 6) is 0. The van der Waals surface area contributed by atoms with E-state index in [1.165, 1.54) is 28.3 Å². The molecular formula is C19H16N2. The molecule has 2 nitrogen and oxygen atoms in total. The van der Waals surface area contributed by atoms with Crippen molar-refractivity contribution in [2.45, 2.75) is 6.92 Å². The Morgan fingerprint density at radius 2 is 1.43 bits per heavy atom. The maximum atomic E-state index is 3.55. The van der Waals surface area contributed by atoms with Crippen LogP contribution >= 0.6 is 0 Å². The van der Waals surface area contributed by atoms with Gasteiger partial charge in [-0.05, 0) is 42.8 Å². The van der Waals surface area contributed by atoms with Crippen molar-refractivity contribution >= 4 is 28.4 Å². The van der Waals surface area contributed by atoms with Crippen molar-refractivity contribution in [3.8, 4) is 0 Å². The number of rotatable bonds is 3. The second kappa shape index (κ2) is 4.67. The number of fused-ring (bicyclic) bond motifs is 1. The predicted molar refractivity (Wildman–Crippen MR) is 89.1 cm³/mol. The zero-order chi connectivity index (χ0) is 14.2. The van der Waals surface area contributed by atoms with E-state index in [1.807, 2.05) is 24.3 Å². The van der Waals surface area contributed by atoms with Crippen LogP contribution in [0.5, 0.6) is 0 Å². The van der Waals surface area contributed by atoms with Gasteiger partial charge in [-0.25, -0.2) is 0 Å². The lowest BCUT2D eigenvalue weighted by molar-refractivity contribution is 1.45. The van der Waals surface area contributed by atoms with Crippen molar-refractivity contribution in [2.24, 2.45) is 0 Å². The first kappa shape index (κ1) is 12.0. The van der Waals surface area contributed by atoms with Gasteiger partial charge in [-0.2, -0.15) is 0 Å². The fourth-order valence-electron chi connectivity index (χ4n) is 2.71. The molecule has 3 aromatic carbocycles. The second-order valence-corrected chi connectivity index (χ2v) is 5.29. The fraction of sp³-hybridized carbons (Fsp3) is 0.0526. The van der Waals surface area contributed by atoms with E-state index in [0.717, 1.165) is 5.69 Å². The van der Waals surface area contributed by atoms with E-state index in [1.54, 1.807) is 0 Å². The highest BCUT2D eigenvalue weighted by Gasteiger charge is 2.34. The Morgan fingerprint density at radius 1 is 0.762 bits per heavy atom. The monoisotopic (exact) mass is 272 g/mol. The average molecular weight is 272 g/mol. The van der Waals surface area contributed by atoms with Crippen LogP contribution in [-0.2, 0) is 0 Å². The summed E-state index contributed by atoms with van der Waals surface area (Å²) in [5.41, 5.74) is 7.36. The van der Waals surface area contributed by atoms with E-state index in [2.05, 4.69) is 65.7 Å². The number of aryl methyl sites for hydroxylation is 1. The molecule has 1 aliphatic heterocycles. The van der Waals surface area contributed by atoms with E-state index < -0.39 is 0 Å². The summed E-state index contributed by atoms with van der Waals surface area (Å²) in [5, 5.41) is 3.55. The van der Waals surface area contributed by atoms with Gasteiger partial charge in [-0.15, -0.1) is 0 Å². The van der Waals surface area contributed by atoms with Gasteiger partial charge in [0.1, 0.15) is 0 Å². The van der Waals surface area contributed by atoms with Gasteiger partial charge in [-0.3, -0.25) is 0 Å². The molecule has 0 radical (unpaired) electrons. The molecule has 21 heavy (non-hydrogen) atoms. The van der Waals surface area contributed by atoms with Crippen molar-refractivity contribution in [3.05, 3.63) is 78.4 Å². The standard InChI is InChI=1S/C19H16N2/c1-14-12-13-17-19(21(17)16-10-6-3-7-11-16)18(14)20-15-8-4-2-5-9-15/h2-13,20H,1H3. The van der Waals surface area contributed by atoms with Gasteiger partial charge >= 0.3 is 0 Å². The Labute approximate surface area is 124 Å². The van der Waals surface area contributed by atoms with Gasteiger partial charge in [0.05, 0.1) is 17.1 Å². The topological polar surface area (TPSA) is 15.0 Å². The maximum absolute atomic E-state index is 3.55. The normalized spacial score (nSPS) is 12.0. The van der Waals surface area contributed by atoms with Gasteiger partial charge < -0.3 is 10.2 Å². The maximum Gasteiger partial charge on any atom is 0.0944 e. The number of para-hydroxylation sites is 2. The largest absolute Gasteiger partial charge is 0.354 e. The number of hydrogen-bond donors (Lipinski definition) is 1. The second-order valence-electron chi connectivity index (χ2n) is 5.29. The van der Waals surface area contributed by atoms with Crippen LogP contribution in [0.3, 0.4) is 0 Å². The summed E-state index contributed by atoms with van der Waals surface area (Å²) in [6.07, 6.45) is 0. The minimum Gasteiger partial charge on any atom is -0.354 e. The van der Waals surface area contributed by atoms with E-state index in [9.17, 15) is 0 Å². The lowest BCUT2D eigenvalue weighted by atomic mass is 10.2. The van der Waals surface area contributed by atoms with Gasteiger partial charge in [0, 0.05) is 11.4 Å². The third-order valence-electron chi connectivity index (χ3n) is 3.84. The van der Waals surface area contributed by atoms with Crippen LogP contribution in [0.4, 0.5) is 28.4 Å². The molecule has 0 unspecified atom stereocenters. The molecule has 4 rings (SSSR count). The predicted octanol–water partition coefficient (Wildman–Crippen LogP) is 5.52. The zero-order valence-electron chi connectivity index (χ0n) is 11.9. The number of nitrogens with zero attached hydrogens (tertiary/aromatic N) is 1. The summed E-state index contributed by atoms with van der Waals surface area (Å²) in [6, 6.07) is 25.2. The van der Waals surface area contributed by atoms with Crippen molar-refractivity contribution in [1.29, 1.82) is 0 Å². The number of nitrogens with one attached hydrogen (secondary N) is 1. The fourth-order valence-corrected chi connectivity index (χ4v) is 2.71. The molecule has 1 N–H and O–H groups in total. The number of anilines is 5. The molecule has 1 aliphatic rings. The highest BCUT2D eigenvalue weighted by Crippen LogP contribution is 2.59. The Morgan fingerprint density at radius 3 is 2.14 bits per heavy atom. The van der Waals surface area contributed by atoms with Crippen molar-refractivity contribution in [1.82, 2.24) is 0 Å². The smallest absolute Gasteiger partial charge is 0.0944 e. The molecule has 0 aliphatic carbocycles. The van der Waals surface area contributed by atoms with Crippen LogP contribution in [-0.4, -0.2) is 0 Å². The van der Waals surface area contributed by atoms with E-state index in [-0.39, 0.29) is 0 Å². The van der Waals surface area contributed by atoms with Crippen LogP contribution in [0.2, 0.25) is 0 Å². The van der Waals surface area contributed by atoms with Gasteiger partial charge in [0.25, 0.3) is 0 Å². The zero-order valence-corrected chi connectivity index (χ0v) is 11.9. The Hall–Kier alpha value is -2.74. The Balaban J connectivity index is 1.72. The van der Waals surface area contributed by atoms with E-state index >= 15 is 0 Å². The lowest BCUT2D eigenvalue weighted by Crippen LogP contribution is -1.93. The molecule has 3 aromatic rings. The number of hydrogen-bond acceptors (Lipinski definition) is 2. The SMILES string of the molecule is Cc1ccc2c(c1Nc1ccccc1)N2c1ccccc1. The molecule has 0 bridgehead atoms. The van der Waals surface area contributed by atoms with E-state index in [0.29, 0.717) is 0 Å². The summed E-state index contributed by atoms with van der Waals surface area (Å²) in [4.78, 5) is 2.29. The summed E-state index contributed by atoms with van der Waals surface area (Å²) in [7, 11) is 0. The minimum atomic E-state index is 1.12. The first-order valence-electron chi connectivity index (χ1n) is 7.15. The Bertz CT molecular complexity index is 779. The highest BCUT2D eigenvalue weighted by atomic mass is 15.3. The van der Waals surface area contributed by atoms with Crippen LogP contribution in [0.15, 0.2) is 72.8 Å². The molecule has 102 valence electrons. The minimum absolute atomic E-state index is 1.12. The first-order chi connectivity index (χ1) is 10.3. The lowest BCUT2D eigenvalue weighted by Gasteiger charge is -2.09. The molecular weight excluding hydrogens is 256 g/mol. The van der Waals surface area contributed by atoms with Crippen molar-refractivity contribution in [3.63, 3.8) is 0 Å². The van der Waals surface area contributed by atoms with Crippen LogP contribution < -0.4 is 10.2 Å². The van der Waals surface area contributed by atoms with E-state index in [4.69, 9.17) is 0 Å². The summed E-state index contributed by atoms with van der Waals surface area (Å²) < 4.78 is 0. The van der Waals surface area contributed by atoms with Crippen molar-refractivity contribution in [2.75, 3.05) is 10.2 Å². The highest BCUT2D eigenvalue weighted by molar-refractivity contribution is 6.09. The molecule has 0 aromatic heterocycles. The van der Waals surface area contributed by atoms with Crippen LogP contribution in [0.1, 0.15) is 5.56 Å². The van der Waals surface area contributed by atoms with Crippen LogP contribution in [0.25, 0.3) is 0 Å². The first-order valence-corrected chi connectivity index (χ1v) is 7.15. The van der Waals surface area contributed by atoms with Gasteiger partial charge in [0.15, 0.2) is 0 Å². The molecule has 0 saturated heterocycles. The third-order valence-corrected chi connectivity index (χ3v) is 3.84. The molecule has 0 amide bonds. The average Bonchev–Trinajstić information content (AvgIpc) is 3.27. The van der Waals surface area contributed by atoms with Gasteiger partial charge in [0.2, 0.25) is 0 Å². The summed E-state index contributed by atoms with van der Waals surface area (Å²) >= 11 is 0. The molecule has 0 atom stereocenters. The molecule has 2 heteroatoms. The van der Waals surface area contributed by atoms with Crippen LogP contribution in [0, 0.1) is 6.92 Å². The third kappa shape index (κ3) is 2.05. The number of benzene rings is 3. The van der Waals surface area contributed by atoms with Gasteiger partial charge in [-0.1, -0.05) is 42.5 Å². The molecule has 1 heterocycles. The molecule has 0 fully saturated rings. The Kier molecular flexibility index (Phi) is 2.68. The molecule has 0 spiro atoms. The molecule has 0 saturated carbocycles. The quantitative estimate of drug-likeness (QED) is 0.494. The van der Waals surface area contributed by atoms with Crippen molar-refractivity contribution < 1.29 is 0 Å². The summed E-state index contributed by atoms with van der Waals surface area (Å²) in [6.45, 7) is 2.15.